The molecule has 0 aromatic heterocycles. The highest BCUT2D eigenvalue weighted by Gasteiger charge is 2.46. The van der Waals surface area contributed by atoms with E-state index >= 15 is 0 Å². The van der Waals surface area contributed by atoms with Gasteiger partial charge in [-0.2, -0.15) is 0 Å². The Labute approximate surface area is 145 Å². The van der Waals surface area contributed by atoms with Crippen molar-refractivity contribution in [2.75, 3.05) is 0 Å². The van der Waals surface area contributed by atoms with Gasteiger partial charge in [0.1, 0.15) is 0 Å². The van der Waals surface area contributed by atoms with Crippen molar-refractivity contribution in [2.45, 2.75) is 38.5 Å². The second-order valence-electron chi connectivity index (χ2n) is 8.37. The molecular weight excluding hydrogens is 288 g/mol. The standard InChI is InChI=1S/C24H26/c1-2-8-20(18-24-14-6-4-10-22(24)12-16-24)19(7-1)17-23-13-5-3-9-21(23)11-15-23/h1-10,13-14,21-22H,11-12,15-18H2. The van der Waals surface area contributed by atoms with Crippen molar-refractivity contribution in [1.29, 1.82) is 0 Å². The van der Waals surface area contributed by atoms with Gasteiger partial charge in [0, 0.05) is 0 Å². The van der Waals surface area contributed by atoms with E-state index in [1.807, 2.05) is 0 Å². The van der Waals surface area contributed by atoms with Crippen LogP contribution in [0.3, 0.4) is 0 Å². The van der Waals surface area contributed by atoms with Gasteiger partial charge in [0.05, 0.1) is 0 Å². The van der Waals surface area contributed by atoms with Crippen molar-refractivity contribution in [2.24, 2.45) is 22.7 Å². The topological polar surface area (TPSA) is 0 Å². The van der Waals surface area contributed by atoms with Gasteiger partial charge in [-0.1, -0.05) is 72.9 Å². The maximum Gasteiger partial charge on any atom is -0.00116 e. The molecule has 0 bridgehead atoms. The number of hydrogen-bond acceptors (Lipinski definition) is 0. The van der Waals surface area contributed by atoms with Crippen molar-refractivity contribution >= 4 is 0 Å². The smallest absolute Gasteiger partial charge is 0.00116 e. The van der Waals surface area contributed by atoms with E-state index in [9.17, 15) is 0 Å². The molecule has 0 heteroatoms. The third-order valence-corrected chi connectivity index (χ3v) is 7.24. The molecule has 4 atom stereocenters. The summed E-state index contributed by atoms with van der Waals surface area (Å²) in [5.74, 6) is 1.53. The van der Waals surface area contributed by atoms with Gasteiger partial charge < -0.3 is 0 Å². The summed E-state index contributed by atoms with van der Waals surface area (Å²) >= 11 is 0. The van der Waals surface area contributed by atoms with Crippen LogP contribution in [0.25, 0.3) is 0 Å². The first-order valence-corrected chi connectivity index (χ1v) is 9.59. The molecule has 122 valence electrons. The van der Waals surface area contributed by atoms with Crippen molar-refractivity contribution in [3.63, 3.8) is 0 Å². The predicted molar refractivity (Wildman–Crippen MR) is 101 cm³/mol. The lowest BCUT2D eigenvalue weighted by Crippen LogP contribution is -2.42. The molecule has 0 amide bonds. The van der Waals surface area contributed by atoms with Gasteiger partial charge in [0.2, 0.25) is 0 Å². The third-order valence-electron chi connectivity index (χ3n) is 7.24. The van der Waals surface area contributed by atoms with Crippen LogP contribution in [-0.2, 0) is 12.8 Å². The number of hydrogen-bond donors (Lipinski definition) is 0. The number of rotatable bonds is 4. The van der Waals surface area contributed by atoms with Crippen molar-refractivity contribution < 1.29 is 0 Å². The minimum atomic E-state index is 0.407. The highest BCUT2D eigenvalue weighted by Crippen LogP contribution is 2.55. The Hall–Kier alpha value is -1.82. The fourth-order valence-corrected chi connectivity index (χ4v) is 5.41. The average molecular weight is 314 g/mol. The van der Waals surface area contributed by atoms with Crippen LogP contribution in [0.4, 0.5) is 0 Å². The highest BCUT2D eigenvalue weighted by molar-refractivity contribution is 5.36. The Morgan fingerprint density at radius 1 is 0.708 bits per heavy atom. The maximum atomic E-state index is 2.49. The van der Waals surface area contributed by atoms with Crippen LogP contribution in [0.15, 0.2) is 72.9 Å². The molecule has 2 fully saturated rings. The minimum Gasteiger partial charge on any atom is -0.0806 e. The average Bonchev–Trinajstić information content (AvgIpc) is 2.56. The zero-order chi connectivity index (χ0) is 16.0. The van der Waals surface area contributed by atoms with E-state index in [2.05, 4.69) is 72.9 Å². The van der Waals surface area contributed by atoms with Gasteiger partial charge in [0.25, 0.3) is 0 Å². The van der Waals surface area contributed by atoms with Gasteiger partial charge in [0.15, 0.2) is 0 Å². The van der Waals surface area contributed by atoms with Gasteiger partial charge in [-0.3, -0.25) is 0 Å². The summed E-state index contributed by atoms with van der Waals surface area (Å²) in [6.45, 7) is 0. The highest BCUT2D eigenvalue weighted by atomic mass is 14.5. The molecule has 0 N–H and O–H groups in total. The summed E-state index contributed by atoms with van der Waals surface area (Å²) in [4.78, 5) is 0. The molecule has 0 aliphatic heterocycles. The van der Waals surface area contributed by atoms with E-state index < -0.39 is 0 Å². The van der Waals surface area contributed by atoms with E-state index in [4.69, 9.17) is 0 Å². The first kappa shape index (κ1) is 14.5. The largest absolute Gasteiger partial charge is 0.0806 e. The first-order valence-electron chi connectivity index (χ1n) is 9.59. The molecule has 24 heavy (non-hydrogen) atoms. The molecule has 4 aliphatic rings. The van der Waals surface area contributed by atoms with E-state index in [0.29, 0.717) is 10.8 Å². The summed E-state index contributed by atoms with van der Waals surface area (Å²) in [5, 5.41) is 0. The lowest BCUT2D eigenvalue weighted by Gasteiger charge is -2.50. The molecule has 2 saturated carbocycles. The summed E-state index contributed by atoms with van der Waals surface area (Å²) in [5.41, 5.74) is 3.99. The molecule has 0 nitrogen and oxygen atoms in total. The van der Waals surface area contributed by atoms with E-state index in [1.54, 1.807) is 11.1 Å². The van der Waals surface area contributed by atoms with Crippen LogP contribution in [0.2, 0.25) is 0 Å². The van der Waals surface area contributed by atoms with Crippen molar-refractivity contribution in [3.05, 3.63) is 84.0 Å². The number of allylic oxidation sites excluding steroid dienone is 8. The summed E-state index contributed by atoms with van der Waals surface area (Å²) in [7, 11) is 0. The SMILES string of the molecule is C1=CC2CCC2(Cc2ccccc2CC23C=CC=CC2CC3)C=C1. The third kappa shape index (κ3) is 2.12. The van der Waals surface area contributed by atoms with Crippen LogP contribution in [0.1, 0.15) is 36.8 Å². The van der Waals surface area contributed by atoms with Crippen LogP contribution in [0.5, 0.6) is 0 Å². The molecule has 1 aromatic rings. The fourth-order valence-electron chi connectivity index (χ4n) is 5.41. The molecule has 0 radical (unpaired) electrons. The van der Waals surface area contributed by atoms with Crippen LogP contribution < -0.4 is 0 Å². The molecule has 0 saturated heterocycles. The second kappa shape index (κ2) is 5.34. The lowest BCUT2D eigenvalue weighted by atomic mass is 9.54. The number of benzene rings is 1. The zero-order valence-electron chi connectivity index (χ0n) is 14.3. The van der Waals surface area contributed by atoms with E-state index in [0.717, 1.165) is 11.8 Å². The molecular formula is C24H26. The van der Waals surface area contributed by atoms with Gasteiger partial charge >= 0.3 is 0 Å². The predicted octanol–water partition coefficient (Wildman–Crippen LogP) is 5.82. The Bertz CT molecular complexity index is 697. The molecule has 4 aliphatic carbocycles. The Morgan fingerprint density at radius 3 is 1.58 bits per heavy atom. The molecule has 4 unspecified atom stereocenters. The van der Waals surface area contributed by atoms with Crippen LogP contribution >= 0.6 is 0 Å². The Balaban J connectivity index is 1.42. The quantitative estimate of drug-likeness (QED) is 0.657. The lowest BCUT2D eigenvalue weighted by molar-refractivity contribution is 0.117. The summed E-state index contributed by atoms with van der Waals surface area (Å²) in [6.07, 6.45) is 26.7. The van der Waals surface area contributed by atoms with Crippen LogP contribution in [0, 0.1) is 22.7 Å². The fraction of sp³-hybridized carbons (Fsp3) is 0.417. The first-order chi connectivity index (χ1) is 11.8. The van der Waals surface area contributed by atoms with Gasteiger partial charge in [-0.25, -0.2) is 0 Å². The Morgan fingerprint density at radius 2 is 1.21 bits per heavy atom. The van der Waals surface area contributed by atoms with Gasteiger partial charge in [-0.15, -0.1) is 0 Å². The molecule has 1 aromatic carbocycles. The number of fused-ring (bicyclic) bond motifs is 2. The monoisotopic (exact) mass is 314 g/mol. The summed E-state index contributed by atoms with van der Waals surface area (Å²) in [6, 6.07) is 9.24. The second-order valence-corrected chi connectivity index (χ2v) is 8.37. The van der Waals surface area contributed by atoms with Crippen molar-refractivity contribution in [3.8, 4) is 0 Å². The minimum absolute atomic E-state index is 0.407. The normalized spacial score (nSPS) is 38.2. The van der Waals surface area contributed by atoms with E-state index in [-0.39, 0.29) is 0 Å². The molecule has 0 heterocycles. The Kier molecular flexibility index (Phi) is 3.23. The van der Waals surface area contributed by atoms with Gasteiger partial charge in [-0.05, 0) is 72.3 Å². The van der Waals surface area contributed by atoms with E-state index in [1.165, 1.54) is 38.5 Å². The summed E-state index contributed by atoms with van der Waals surface area (Å²) < 4.78 is 0. The van der Waals surface area contributed by atoms with Crippen LogP contribution in [-0.4, -0.2) is 0 Å². The molecule has 5 rings (SSSR count). The molecule has 0 spiro atoms. The zero-order valence-corrected chi connectivity index (χ0v) is 14.3. The van der Waals surface area contributed by atoms with Crippen molar-refractivity contribution in [1.82, 2.24) is 0 Å². The maximum absolute atomic E-state index is 2.49.